The van der Waals surface area contributed by atoms with Gasteiger partial charge >= 0.3 is 0 Å². The van der Waals surface area contributed by atoms with Gasteiger partial charge in [0.2, 0.25) is 5.91 Å². The Hall–Kier alpha value is -0.940. The Labute approximate surface area is 119 Å². The normalized spacial score (nSPS) is 14.4. The summed E-state index contributed by atoms with van der Waals surface area (Å²) in [7, 11) is 0. The van der Waals surface area contributed by atoms with Crippen molar-refractivity contribution < 1.29 is 4.79 Å². The lowest BCUT2D eigenvalue weighted by Gasteiger charge is -2.22. The van der Waals surface area contributed by atoms with Crippen molar-refractivity contribution in [3.8, 4) is 0 Å². The van der Waals surface area contributed by atoms with Gasteiger partial charge in [0.15, 0.2) is 0 Å². The maximum atomic E-state index is 11.9. The minimum absolute atomic E-state index is 0.0753. The van der Waals surface area contributed by atoms with Crippen molar-refractivity contribution in [2.45, 2.75) is 58.4 Å². The van der Waals surface area contributed by atoms with Gasteiger partial charge in [0, 0.05) is 24.3 Å². The van der Waals surface area contributed by atoms with E-state index in [2.05, 4.69) is 29.5 Å². The van der Waals surface area contributed by atoms with Crippen molar-refractivity contribution in [2.75, 3.05) is 6.54 Å². The quantitative estimate of drug-likeness (QED) is 0.807. The summed E-state index contributed by atoms with van der Waals surface area (Å²) >= 11 is 1.68. The molecule has 0 bridgehead atoms. The molecule has 4 nitrogen and oxygen atoms in total. The Kier molecular flexibility index (Phi) is 5.94. The molecule has 1 heterocycles. The summed E-state index contributed by atoms with van der Waals surface area (Å²) in [5.41, 5.74) is 6.25. The molecule has 0 aliphatic heterocycles. The molecule has 0 aromatic carbocycles. The number of nitrogens with zero attached hydrogens (tertiary/aromatic N) is 1. The Bertz CT molecular complexity index is 413. The third-order valence-corrected chi connectivity index (χ3v) is 4.21. The number of nitrogens with two attached hydrogens (primary N) is 1. The van der Waals surface area contributed by atoms with Crippen molar-refractivity contribution >= 4 is 17.2 Å². The first-order valence-electron chi connectivity index (χ1n) is 6.88. The zero-order chi connectivity index (χ0) is 14.5. The molecule has 0 spiro atoms. The number of aromatic nitrogens is 1. The fourth-order valence-electron chi connectivity index (χ4n) is 1.84. The standard InChI is InChI=1S/C14H25N3OS/c1-5-7-14(4,15)13(18)16-8-6-11-9-19-12(17-11)10(2)3/h9-10H,5-8,15H2,1-4H3,(H,16,18). The predicted molar refractivity (Wildman–Crippen MR) is 80.4 cm³/mol. The number of rotatable bonds is 7. The van der Waals surface area contributed by atoms with Crippen molar-refractivity contribution in [3.05, 3.63) is 16.1 Å². The van der Waals surface area contributed by atoms with Crippen LogP contribution in [0.3, 0.4) is 0 Å². The molecule has 0 aliphatic carbocycles. The van der Waals surface area contributed by atoms with Crippen LogP contribution in [0.5, 0.6) is 0 Å². The van der Waals surface area contributed by atoms with Gasteiger partial charge in [0.1, 0.15) is 0 Å². The van der Waals surface area contributed by atoms with Gasteiger partial charge in [-0.3, -0.25) is 4.79 Å². The van der Waals surface area contributed by atoms with Gasteiger partial charge in [-0.15, -0.1) is 11.3 Å². The van der Waals surface area contributed by atoms with Gasteiger partial charge in [-0.05, 0) is 13.3 Å². The average molecular weight is 283 g/mol. The molecule has 0 radical (unpaired) electrons. The van der Waals surface area contributed by atoms with Crippen molar-refractivity contribution in [3.63, 3.8) is 0 Å². The summed E-state index contributed by atoms with van der Waals surface area (Å²) in [6.45, 7) is 8.67. The van der Waals surface area contributed by atoms with Crippen molar-refractivity contribution in [1.82, 2.24) is 10.3 Å². The summed E-state index contributed by atoms with van der Waals surface area (Å²) < 4.78 is 0. The lowest BCUT2D eigenvalue weighted by molar-refractivity contribution is -0.126. The SMILES string of the molecule is CCCC(C)(N)C(=O)NCCc1csc(C(C)C)n1. The topological polar surface area (TPSA) is 68.0 Å². The Morgan fingerprint density at radius 3 is 2.79 bits per heavy atom. The van der Waals surface area contributed by atoms with Gasteiger partial charge < -0.3 is 11.1 Å². The van der Waals surface area contributed by atoms with Gasteiger partial charge in [-0.25, -0.2) is 4.98 Å². The number of hydrogen-bond donors (Lipinski definition) is 2. The van der Waals surface area contributed by atoms with Gasteiger partial charge in [0.05, 0.1) is 16.2 Å². The minimum Gasteiger partial charge on any atom is -0.354 e. The van der Waals surface area contributed by atoms with Gasteiger partial charge in [0.25, 0.3) is 0 Å². The largest absolute Gasteiger partial charge is 0.354 e. The number of hydrogen-bond acceptors (Lipinski definition) is 4. The highest BCUT2D eigenvalue weighted by Crippen LogP contribution is 2.19. The molecule has 108 valence electrons. The molecule has 0 aliphatic rings. The van der Waals surface area contributed by atoms with E-state index in [0.29, 0.717) is 18.9 Å². The summed E-state index contributed by atoms with van der Waals surface area (Å²) in [6.07, 6.45) is 2.37. The van der Waals surface area contributed by atoms with Crippen LogP contribution in [-0.4, -0.2) is 23.0 Å². The molecule has 0 saturated carbocycles. The number of carbonyl (C=O) groups is 1. The zero-order valence-corrected chi connectivity index (χ0v) is 13.1. The third kappa shape index (κ3) is 4.91. The van der Waals surface area contributed by atoms with E-state index in [0.717, 1.165) is 23.5 Å². The van der Waals surface area contributed by atoms with Gasteiger partial charge in [-0.1, -0.05) is 27.2 Å². The van der Waals surface area contributed by atoms with Crippen molar-refractivity contribution in [2.24, 2.45) is 5.73 Å². The van der Waals surface area contributed by atoms with Crippen LogP contribution in [0, 0.1) is 0 Å². The Morgan fingerprint density at radius 2 is 2.26 bits per heavy atom. The number of nitrogens with one attached hydrogen (secondary N) is 1. The van der Waals surface area contributed by atoms with Crippen LogP contribution in [0.4, 0.5) is 0 Å². The van der Waals surface area contributed by atoms with E-state index in [-0.39, 0.29) is 5.91 Å². The molecule has 19 heavy (non-hydrogen) atoms. The van der Waals surface area contributed by atoms with Crippen LogP contribution < -0.4 is 11.1 Å². The summed E-state index contributed by atoms with van der Waals surface area (Å²) in [5.74, 6) is 0.388. The molecule has 0 fully saturated rings. The smallest absolute Gasteiger partial charge is 0.239 e. The van der Waals surface area contributed by atoms with Crippen LogP contribution >= 0.6 is 11.3 Å². The molecule has 1 aromatic heterocycles. The Balaban J connectivity index is 2.39. The second-order valence-corrected chi connectivity index (χ2v) is 6.39. The zero-order valence-electron chi connectivity index (χ0n) is 12.3. The fraction of sp³-hybridized carbons (Fsp3) is 0.714. The fourth-order valence-corrected chi connectivity index (χ4v) is 2.71. The summed E-state index contributed by atoms with van der Waals surface area (Å²) in [5, 5.41) is 6.11. The van der Waals surface area contributed by atoms with E-state index in [1.54, 1.807) is 18.3 Å². The van der Waals surface area contributed by atoms with Crippen LogP contribution in [0.2, 0.25) is 0 Å². The number of thiazole rings is 1. The lowest BCUT2D eigenvalue weighted by atomic mass is 9.96. The van der Waals surface area contributed by atoms with E-state index in [4.69, 9.17) is 5.73 Å². The van der Waals surface area contributed by atoms with Crippen molar-refractivity contribution in [1.29, 1.82) is 0 Å². The minimum atomic E-state index is -0.764. The van der Waals surface area contributed by atoms with E-state index in [1.807, 2.05) is 6.92 Å². The first kappa shape index (κ1) is 16.1. The van der Waals surface area contributed by atoms with E-state index < -0.39 is 5.54 Å². The first-order valence-corrected chi connectivity index (χ1v) is 7.76. The second kappa shape index (κ2) is 7.01. The highest BCUT2D eigenvalue weighted by atomic mass is 32.1. The highest BCUT2D eigenvalue weighted by Gasteiger charge is 2.26. The summed E-state index contributed by atoms with van der Waals surface area (Å²) in [4.78, 5) is 16.4. The van der Waals surface area contributed by atoms with Crippen LogP contribution in [0.15, 0.2) is 5.38 Å². The molecular formula is C14H25N3OS. The van der Waals surface area contributed by atoms with Gasteiger partial charge in [-0.2, -0.15) is 0 Å². The van der Waals surface area contributed by atoms with Crippen LogP contribution in [0.1, 0.15) is 57.2 Å². The first-order chi connectivity index (χ1) is 8.86. The molecule has 3 N–H and O–H groups in total. The third-order valence-electron chi connectivity index (χ3n) is 3.02. The molecule has 5 heteroatoms. The van der Waals surface area contributed by atoms with Crippen LogP contribution in [-0.2, 0) is 11.2 Å². The molecule has 1 unspecified atom stereocenters. The summed E-state index contributed by atoms with van der Waals surface area (Å²) in [6, 6.07) is 0. The predicted octanol–water partition coefficient (Wildman–Crippen LogP) is 2.44. The maximum absolute atomic E-state index is 11.9. The Morgan fingerprint density at radius 1 is 1.58 bits per heavy atom. The average Bonchev–Trinajstić information content (AvgIpc) is 2.77. The van der Waals surface area contributed by atoms with E-state index >= 15 is 0 Å². The number of carbonyl (C=O) groups excluding carboxylic acids is 1. The van der Waals surface area contributed by atoms with Crippen LogP contribution in [0.25, 0.3) is 0 Å². The number of amides is 1. The molecule has 1 rings (SSSR count). The molecule has 1 atom stereocenters. The molecule has 1 amide bonds. The molecule has 0 saturated heterocycles. The van der Waals surface area contributed by atoms with E-state index in [1.165, 1.54) is 0 Å². The molecular weight excluding hydrogens is 258 g/mol. The second-order valence-electron chi connectivity index (χ2n) is 5.51. The lowest BCUT2D eigenvalue weighted by Crippen LogP contribution is -2.51. The molecule has 1 aromatic rings. The van der Waals surface area contributed by atoms with E-state index in [9.17, 15) is 4.79 Å². The highest BCUT2D eigenvalue weighted by molar-refractivity contribution is 7.09. The maximum Gasteiger partial charge on any atom is 0.239 e. The monoisotopic (exact) mass is 283 g/mol.